The summed E-state index contributed by atoms with van der Waals surface area (Å²) in [6.07, 6.45) is -2.34. The van der Waals surface area contributed by atoms with Gasteiger partial charge in [0.05, 0.1) is 38.6 Å². The first-order chi connectivity index (χ1) is 20.2. The topological polar surface area (TPSA) is 83.5 Å². The Bertz CT molecular complexity index is 1350. The third kappa shape index (κ3) is 8.10. The summed E-state index contributed by atoms with van der Waals surface area (Å²) in [6, 6.07) is 36.5. The van der Waals surface area contributed by atoms with Crippen LogP contribution in [0.5, 0.6) is 0 Å². The minimum absolute atomic E-state index is 0.0430. The van der Waals surface area contributed by atoms with E-state index in [1.807, 2.05) is 91.0 Å². The van der Waals surface area contributed by atoms with Crippen LogP contribution in [0.3, 0.4) is 0 Å². The maximum Gasteiger partial charge on any atom is 0.336 e. The Morgan fingerprint density at radius 1 is 0.610 bits per heavy atom. The highest BCUT2D eigenvalue weighted by Gasteiger charge is 2.47. The van der Waals surface area contributed by atoms with Crippen LogP contribution >= 0.6 is 0 Å². The minimum atomic E-state index is -1.01. The summed E-state index contributed by atoms with van der Waals surface area (Å²) in [4.78, 5) is 11.8. The summed E-state index contributed by atoms with van der Waals surface area (Å²) < 4.78 is 31.5. The zero-order chi connectivity index (χ0) is 28.3. The lowest BCUT2D eigenvalue weighted by molar-refractivity contribution is -0.190. The minimum Gasteiger partial charge on any atom is -0.478 e. The molecular weight excluding hydrogens is 520 g/mol. The van der Waals surface area contributed by atoms with Crippen LogP contribution in [0, 0.1) is 0 Å². The maximum absolute atomic E-state index is 11.8. The molecule has 4 aromatic carbocycles. The van der Waals surface area contributed by atoms with Crippen LogP contribution in [0.2, 0.25) is 0 Å². The molecule has 1 aliphatic heterocycles. The fourth-order valence-corrected chi connectivity index (χ4v) is 4.76. The Hall–Kier alpha value is -3.85. The zero-order valence-electron chi connectivity index (χ0n) is 22.7. The van der Waals surface area contributed by atoms with E-state index >= 15 is 0 Å². The summed E-state index contributed by atoms with van der Waals surface area (Å²) in [7, 11) is 0. The van der Waals surface area contributed by atoms with E-state index in [0.29, 0.717) is 25.4 Å². The molecule has 7 heteroatoms. The van der Waals surface area contributed by atoms with Gasteiger partial charge >= 0.3 is 5.97 Å². The molecule has 7 nitrogen and oxygen atoms in total. The number of benzene rings is 4. The highest BCUT2D eigenvalue weighted by molar-refractivity contribution is 5.89. The number of carbonyl (C=O) groups is 1. The van der Waals surface area contributed by atoms with Gasteiger partial charge in [0.1, 0.15) is 18.3 Å². The van der Waals surface area contributed by atoms with Crippen LogP contribution in [0.1, 0.15) is 32.6 Å². The van der Waals surface area contributed by atoms with Gasteiger partial charge in [-0.15, -0.1) is 0 Å². The van der Waals surface area contributed by atoms with Gasteiger partial charge in [0, 0.05) is 0 Å². The van der Waals surface area contributed by atoms with Crippen molar-refractivity contribution in [2.75, 3.05) is 6.61 Å². The first-order valence-electron chi connectivity index (χ1n) is 13.7. The van der Waals surface area contributed by atoms with Crippen molar-refractivity contribution in [3.05, 3.63) is 143 Å². The van der Waals surface area contributed by atoms with Crippen molar-refractivity contribution >= 4 is 5.97 Å². The number of ether oxygens (including phenoxy) is 5. The molecule has 1 N–H and O–H groups in total. The zero-order valence-corrected chi connectivity index (χ0v) is 22.7. The van der Waals surface area contributed by atoms with Crippen LogP contribution in [-0.2, 0) is 50.1 Å². The van der Waals surface area contributed by atoms with Crippen LogP contribution in [0.4, 0.5) is 0 Å². The predicted octanol–water partition coefficient (Wildman–Crippen LogP) is 6.01. The van der Waals surface area contributed by atoms with Gasteiger partial charge in [0.25, 0.3) is 0 Å². The van der Waals surface area contributed by atoms with Crippen LogP contribution in [0.15, 0.2) is 115 Å². The van der Waals surface area contributed by atoms with E-state index in [2.05, 4.69) is 0 Å². The largest absolute Gasteiger partial charge is 0.478 e. The normalized spacial score (nSPS) is 20.2. The Labute approximate surface area is 240 Å². The molecule has 1 heterocycles. The van der Waals surface area contributed by atoms with Gasteiger partial charge in [0.2, 0.25) is 0 Å². The molecule has 0 amide bonds. The van der Waals surface area contributed by atoms with E-state index in [4.69, 9.17) is 23.7 Å². The lowest BCUT2D eigenvalue weighted by Crippen LogP contribution is -2.39. The van der Waals surface area contributed by atoms with Crippen molar-refractivity contribution < 1.29 is 33.6 Å². The first kappa shape index (κ1) is 28.7. The smallest absolute Gasteiger partial charge is 0.336 e. The quantitative estimate of drug-likeness (QED) is 0.204. The maximum atomic E-state index is 11.8. The molecule has 0 spiro atoms. The number of aromatic carboxylic acids is 1. The Kier molecular flexibility index (Phi) is 10.3. The summed E-state index contributed by atoms with van der Waals surface area (Å²) in [6.45, 7) is 1.44. The van der Waals surface area contributed by atoms with E-state index in [1.54, 1.807) is 24.3 Å². The van der Waals surface area contributed by atoms with E-state index < -0.39 is 30.6 Å². The number of carboxylic acid groups (broad SMARTS) is 1. The molecule has 212 valence electrons. The second kappa shape index (κ2) is 14.7. The summed E-state index contributed by atoms with van der Waals surface area (Å²) >= 11 is 0. The van der Waals surface area contributed by atoms with Gasteiger partial charge in [-0.2, -0.15) is 0 Å². The van der Waals surface area contributed by atoms with Crippen molar-refractivity contribution in [2.45, 2.75) is 51.0 Å². The van der Waals surface area contributed by atoms with Crippen molar-refractivity contribution in [1.82, 2.24) is 0 Å². The summed E-state index contributed by atoms with van der Waals surface area (Å²) in [5.41, 5.74) is 3.83. The first-order valence-corrected chi connectivity index (χ1v) is 13.7. The molecule has 0 aliphatic carbocycles. The number of hydrogen-bond acceptors (Lipinski definition) is 6. The van der Waals surface area contributed by atoms with Crippen LogP contribution in [-0.4, -0.2) is 42.3 Å². The SMILES string of the molecule is O=C(O)c1ccccc1CO[C@H]1O[C@H](COCc2ccccc2)[C@@H](OCc2ccccc2)[C@@H]1OCc1ccccc1. The number of carboxylic acids is 1. The van der Waals surface area contributed by atoms with Crippen molar-refractivity contribution in [3.63, 3.8) is 0 Å². The number of rotatable bonds is 14. The Balaban J connectivity index is 1.34. The van der Waals surface area contributed by atoms with Crippen LogP contribution in [0.25, 0.3) is 0 Å². The van der Waals surface area contributed by atoms with Gasteiger partial charge < -0.3 is 28.8 Å². The predicted molar refractivity (Wildman–Crippen MR) is 153 cm³/mol. The second-order valence-corrected chi connectivity index (χ2v) is 9.84. The highest BCUT2D eigenvalue weighted by atomic mass is 16.7. The monoisotopic (exact) mass is 554 g/mol. The van der Waals surface area contributed by atoms with Gasteiger partial charge in [0.15, 0.2) is 6.29 Å². The Morgan fingerprint density at radius 2 is 1.12 bits per heavy atom. The van der Waals surface area contributed by atoms with E-state index in [1.165, 1.54) is 0 Å². The molecule has 0 saturated carbocycles. The molecule has 41 heavy (non-hydrogen) atoms. The molecule has 4 aromatic rings. The molecule has 0 bridgehead atoms. The van der Waals surface area contributed by atoms with E-state index in [9.17, 15) is 9.90 Å². The lowest BCUT2D eigenvalue weighted by atomic mass is 10.1. The third-order valence-electron chi connectivity index (χ3n) is 6.88. The second-order valence-electron chi connectivity index (χ2n) is 9.84. The van der Waals surface area contributed by atoms with Crippen LogP contribution < -0.4 is 0 Å². The molecule has 1 fully saturated rings. The van der Waals surface area contributed by atoms with Crippen molar-refractivity contribution in [3.8, 4) is 0 Å². The average molecular weight is 555 g/mol. The molecule has 5 rings (SSSR count). The lowest BCUT2D eigenvalue weighted by Gasteiger charge is -2.25. The third-order valence-corrected chi connectivity index (χ3v) is 6.88. The fourth-order valence-electron chi connectivity index (χ4n) is 4.76. The molecule has 4 atom stereocenters. The van der Waals surface area contributed by atoms with Gasteiger partial charge in [-0.3, -0.25) is 0 Å². The van der Waals surface area contributed by atoms with Gasteiger partial charge in [-0.25, -0.2) is 4.79 Å². The van der Waals surface area contributed by atoms with Gasteiger partial charge in [-0.1, -0.05) is 109 Å². The molecule has 0 unspecified atom stereocenters. The molecule has 1 aliphatic rings. The molecular formula is C34H34O7. The molecule has 0 aromatic heterocycles. The van der Waals surface area contributed by atoms with Gasteiger partial charge in [-0.05, 0) is 28.3 Å². The van der Waals surface area contributed by atoms with E-state index in [0.717, 1.165) is 16.7 Å². The average Bonchev–Trinajstić information content (AvgIpc) is 3.35. The summed E-state index contributed by atoms with van der Waals surface area (Å²) in [5, 5.41) is 9.63. The van der Waals surface area contributed by atoms with Crippen molar-refractivity contribution in [2.24, 2.45) is 0 Å². The van der Waals surface area contributed by atoms with E-state index in [-0.39, 0.29) is 18.8 Å². The highest BCUT2D eigenvalue weighted by Crippen LogP contribution is 2.31. The Morgan fingerprint density at radius 3 is 1.71 bits per heavy atom. The molecule has 0 radical (unpaired) electrons. The summed E-state index contributed by atoms with van der Waals surface area (Å²) in [5.74, 6) is -1.01. The number of hydrogen-bond donors (Lipinski definition) is 1. The fraction of sp³-hybridized carbons (Fsp3) is 0.265. The van der Waals surface area contributed by atoms with Crippen molar-refractivity contribution in [1.29, 1.82) is 0 Å². The molecule has 1 saturated heterocycles. The standard InChI is InChI=1S/C34H34O7/c35-33(36)29-19-11-10-18-28(29)23-40-34-32(39-22-27-16-8-3-9-17-27)31(38-21-26-14-6-2-7-15-26)30(41-34)24-37-20-25-12-4-1-5-13-25/h1-19,30-32,34H,20-24H2,(H,35,36)/t30-,31-,32+,34+/m1/s1.